The average Bonchev–Trinajstić information content (AvgIpc) is 2.43. The van der Waals surface area contributed by atoms with Crippen LogP contribution >= 0.6 is 15.9 Å². The van der Waals surface area contributed by atoms with Gasteiger partial charge in [0, 0.05) is 16.7 Å². The Morgan fingerprint density at radius 1 is 1.50 bits per heavy atom. The number of hydrogen-bond acceptors (Lipinski definition) is 3. The molecule has 7 heteroatoms. The molecule has 0 radical (unpaired) electrons. The molecule has 108 valence electrons. The number of rotatable bonds is 2. The number of anilines is 1. The van der Waals surface area contributed by atoms with Crippen molar-refractivity contribution in [2.45, 2.75) is 13.0 Å². The average molecular weight is 342 g/mol. The van der Waals surface area contributed by atoms with Crippen LogP contribution in [0.25, 0.3) is 0 Å². The minimum atomic E-state index is -0.735. The van der Waals surface area contributed by atoms with Gasteiger partial charge in [-0.25, -0.2) is 4.79 Å². The molecule has 0 spiro atoms. The van der Waals surface area contributed by atoms with Gasteiger partial charge in [-0.15, -0.1) is 0 Å². The van der Waals surface area contributed by atoms with Gasteiger partial charge in [-0.1, -0.05) is 15.9 Å². The summed E-state index contributed by atoms with van der Waals surface area (Å²) in [5, 5.41) is 2.80. The molecule has 0 aliphatic carbocycles. The summed E-state index contributed by atoms with van der Waals surface area (Å²) in [5.41, 5.74) is 6.93. The van der Waals surface area contributed by atoms with Crippen LogP contribution in [-0.2, 0) is 9.53 Å². The van der Waals surface area contributed by atoms with Gasteiger partial charge in [0.1, 0.15) is 0 Å². The molecule has 3 N–H and O–H groups in total. The first-order chi connectivity index (χ1) is 9.47. The highest BCUT2D eigenvalue weighted by atomic mass is 79.9. The molecule has 0 aromatic heterocycles. The maximum Gasteiger partial charge on any atom is 0.322 e. The minimum Gasteiger partial charge on any atom is -0.367 e. The Morgan fingerprint density at radius 3 is 2.90 bits per heavy atom. The quantitative estimate of drug-likeness (QED) is 0.854. The van der Waals surface area contributed by atoms with Crippen LogP contribution in [-0.4, -0.2) is 42.6 Å². The van der Waals surface area contributed by atoms with Gasteiger partial charge in [0.25, 0.3) is 0 Å². The lowest BCUT2D eigenvalue weighted by molar-refractivity contribution is -0.133. The maximum absolute atomic E-state index is 12.1. The van der Waals surface area contributed by atoms with E-state index in [9.17, 15) is 9.59 Å². The number of amides is 3. The van der Waals surface area contributed by atoms with Crippen molar-refractivity contribution in [3.63, 3.8) is 0 Å². The largest absolute Gasteiger partial charge is 0.367 e. The number of carbonyl (C=O) groups is 2. The van der Waals surface area contributed by atoms with Crippen molar-refractivity contribution in [2.24, 2.45) is 5.73 Å². The van der Waals surface area contributed by atoms with E-state index >= 15 is 0 Å². The fourth-order valence-corrected chi connectivity index (χ4v) is 2.18. The molecule has 3 amide bonds. The summed E-state index contributed by atoms with van der Waals surface area (Å²) in [5.74, 6) is -0.554. The summed E-state index contributed by atoms with van der Waals surface area (Å²) >= 11 is 3.40. The van der Waals surface area contributed by atoms with Gasteiger partial charge in [-0.05, 0) is 30.7 Å². The molecule has 1 atom stereocenters. The fourth-order valence-electron chi connectivity index (χ4n) is 1.93. The lowest BCUT2D eigenvalue weighted by Gasteiger charge is -2.31. The van der Waals surface area contributed by atoms with Crippen LogP contribution in [0.15, 0.2) is 22.7 Å². The molecule has 6 nitrogen and oxygen atoms in total. The first-order valence-electron chi connectivity index (χ1n) is 6.20. The van der Waals surface area contributed by atoms with Gasteiger partial charge in [-0.3, -0.25) is 4.79 Å². The predicted octanol–water partition coefficient (Wildman–Crippen LogP) is 1.48. The normalized spacial score (nSPS) is 18.7. The standard InChI is InChI=1S/C13H16BrN3O3/c1-8-6-9(2-3-10(8)14)16-13(19)17-4-5-20-11(7-17)12(15)18/h2-3,6,11H,4-5,7H2,1H3,(H2,15,18)(H,16,19). The van der Waals surface area contributed by atoms with Gasteiger partial charge in [-0.2, -0.15) is 0 Å². The number of nitrogens with two attached hydrogens (primary N) is 1. The molecule has 1 heterocycles. The topological polar surface area (TPSA) is 84.7 Å². The number of hydrogen-bond donors (Lipinski definition) is 2. The van der Waals surface area contributed by atoms with E-state index in [1.54, 1.807) is 6.07 Å². The molecule has 1 saturated heterocycles. The lowest BCUT2D eigenvalue weighted by Crippen LogP contribution is -2.51. The molecule has 0 bridgehead atoms. The zero-order chi connectivity index (χ0) is 14.7. The van der Waals surface area contributed by atoms with E-state index in [-0.39, 0.29) is 12.6 Å². The van der Waals surface area contributed by atoms with E-state index in [1.807, 2.05) is 19.1 Å². The van der Waals surface area contributed by atoms with Crippen molar-refractivity contribution in [3.05, 3.63) is 28.2 Å². The summed E-state index contributed by atoms with van der Waals surface area (Å²) in [6.45, 7) is 2.86. The molecule has 1 aromatic carbocycles. The number of nitrogens with zero attached hydrogens (tertiary/aromatic N) is 1. The Labute approximate surface area is 125 Å². The highest BCUT2D eigenvalue weighted by Gasteiger charge is 2.27. The molecule has 1 aliphatic heterocycles. The van der Waals surface area contributed by atoms with Crippen molar-refractivity contribution >= 4 is 33.6 Å². The van der Waals surface area contributed by atoms with Gasteiger partial charge >= 0.3 is 6.03 Å². The SMILES string of the molecule is Cc1cc(NC(=O)N2CCOC(C(N)=O)C2)ccc1Br. The number of carbonyl (C=O) groups excluding carboxylic acids is 2. The van der Waals surface area contributed by atoms with Crippen LogP contribution < -0.4 is 11.1 Å². The number of urea groups is 1. The Balaban J connectivity index is 2.00. The molecule has 1 unspecified atom stereocenters. The molecule has 1 aromatic rings. The van der Waals surface area contributed by atoms with Crippen LogP contribution in [0.3, 0.4) is 0 Å². The van der Waals surface area contributed by atoms with Crippen LogP contribution in [0.5, 0.6) is 0 Å². The number of aryl methyl sites for hydroxylation is 1. The third kappa shape index (κ3) is 3.49. The molecule has 0 saturated carbocycles. The summed E-state index contributed by atoms with van der Waals surface area (Å²) in [4.78, 5) is 24.7. The molecule has 2 rings (SSSR count). The van der Waals surface area contributed by atoms with Crippen molar-refractivity contribution in [3.8, 4) is 0 Å². The zero-order valence-corrected chi connectivity index (χ0v) is 12.6. The second kappa shape index (κ2) is 6.23. The van der Waals surface area contributed by atoms with Gasteiger partial charge < -0.3 is 20.7 Å². The first-order valence-corrected chi connectivity index (χ1v) is 6.99. The molecular weight excluding hydrogens is 326 g/mol. The van der Waals surface area contributed by atoms with E-state index in [2.05, 4.69) is 21.2 Å². The van der Waals surface area contributed by atoms with Crippen LogP contribution in [0.2, 0.25) is 0 Å². The van der Waals surface area contributed by atoms with Gasteiger partial charge in [0.05, 0.1) is 13.2 Å². The summed E-state index contributed by atoms with van der Waals surface area (Å²) in [7, 11) is 0. The second-order valence-corrected chi connectivity index (χ2v) is 5.46. The Bertz CT molecular complexity index is 536. The lowest BCUT2D eigenvalue weighted by atomic mass is 10.2. The first kappa shape index (κ1) is 14.8. The molecule has 1 aliphatic rings. The summed E-state index contributed by atoms with van der Waals surface area (Å²) in [6.07, 6.45) is -0.735. The number of morpholine rings is 1. The summed E-state index contributed by atoms with van der Waals surface area (Å²) in [6, 6.07) is 5.28. The third-order valence-electron chi connectivity index (χ3n) is 3.08. The highest BCUT2D eigenvalue weighted by molar-refractivity contribution is 9.10. The Morgan fingerprint density at radius 2 is 2.25 bits per heavy atom. The number of nitrogens with one attached hydrogen (secondary N) is 1. The van der Waals surface area contributed by atoms with Crippen LogP contribution in [0.4, 0.5) is 10.5 Å². The number of benzene rings is 1. The van der Waals surface area contributed by atoms with Crippen molar-refractivity contribution < 1.29 is 14.3 Å². The fraction of sp³-hybridized carbons (Fsp3) is 0.385. The smallest absolute Gasteiger partial charge is 0.322 e. The second-order valence-electron chi connectivity index (χ2n) is 4.60. The zero-order valence-electron chi connectivity index (χ0n) is 11.1. The van der Waals surface area contributed by atoms with Gasteiger partial charge in [0.2, 0.25) is 5.91 Å². The predicted molar refractivity (Wildman–Crippen MR) is 78.4 cm³/mol. The van der Waals surface area contributed by atoms with Crippen LogP contribution in [0.1, 0.15) is 5.56 Å². The van der Waals surface area contributed by atoms with Crippen molar-refractivity contribution in [1.29, 1.82) is 0 Å². The monoisotopic (exact) mass is 341 g/mol. The molecule has 1 fully saturated rings. The van der Waals surface area contributed by atoms with Gasteiger partial charge in [0.15, 0.2) is 6.10 Å². The Hall–Kier alpha value is -1.60. The highest BCUT2D eigenvalue weighted by Crippen LogP contribution is 2.20. The molecular formula is C13H16BrN3O3. The van der Waals surface area contributed by atoms with E-state index in [0.29, 0.717) is 18.8 Å². The van der Waals surface area contributed by atoms with E-state index in [4.69, 9.17) is 10.5 Å². The maximum atomic E-state index is 12.1. The molecule has 20 heavy (non-hydrogen) atoms. The summed E-state index contributed by atoms with van der Waals surface area (Å²) < 4.78 is 6.18. The third-order valence-corrected chi connectivity index (χ3v) is 3.97. The Kier molecular flexibility index (Phi) is 4.61. The minimum absolute atomic E-state index is 0.177. The number of ether oxygens (including phenoxy) is 1. The number of primary amides is 1. The van der Waals surface area contributed by atoms with E-state index in [0.717, 1.165) is 10.0 Å². The van der Waals surface area contributed by atoms with Crippen LogP contribution in [0, 0.1) is 6.92 Å². The van der Waals surface area contributed by atoms with Crippen molar-refractivity contribution in [1.82, 2.24) is 4.90 Å². The number of halogens is 1. The van der Waals surface area contributed by atoms with E-state index < -0.39 is 12.0 Å². The van der Waals surface area contributed by atoms with E-state index in [1.165, 1.54) is 4.90 Å². The van der Waals surface area contributed by atoms with Crippen molar-refractivity contribution in [2.75, 3.05) is 25.0 Å².